The minimum atomic E-state index is -0.197. The van der Waals surface area contributed by atoms with Gasteiger partial charge >= 0.3 is 0 Å². The highest BCUT2D eigenvalue weighted by Crippen LogP contribution is 2.11. The summed E-state index contributed by atoms with van der Waals surface area (Å²) in [6.45, 7) is 0.378. The van der Waals surface area contributed by atoms with E-state index >= 15 is 0 Å². The van der Waals surface area contributed by atoms with Crippen LogP contribution in [-0.4, -0.2) is 27.3 Å². The molecule has 1 aromatic heterocycles. The van der Waals surface area contributed by atoms with Gasteiger partial charge < -0.3 is 15.8 Å². The van der Waals surface area contributed by atoms with Gasteiger partial charge in [0.05, 0.1) is 6.20 Å². The lowest BCUT2D eigenvalue weighted by Crippen LogP contribution is -2.28. The Bertz CT molecular complexity index is 637. The molecule has 0 aliphatic heterocycles. The van der Waals surface area contributed by atoms with Crippen LogP contribution in [0.4, 0.5) is 0 Å². The summed E-state index contributed by atoms with van der Waals surface area (Å²) in [5, 5.41) is 6.78. The van der Waals surface area contributed by atoms with E-state index in [-0.39, 0.29) is 12.5 Å². The molecule has 0 radical (unpaired) electrons. The van der Waals surface area contributed by atoms with Crippen LogP contribution in [0.5, 0.6) is 5.75 Å². The van der Waals surface area contributed by atoms with E-state index in [1.165, 1.54) is 0 Å². The van der Waals surface area contributed by atoms with Gasteiger partial charge in [0.25, 0.3) is 5.91 Å². The smallest absolute Gasteiger partial charge is 0.258 e. The Balaban J connectivity index is 1.77. The van der Waals surface area contributed by atoms with Gasteiger partial charge in [-0.25, -0.2) is 0 Å². The van der Waals surface area contributed by atoms with Crippen LogP contribution in [0.25, 0.3) is 0 Å². The van der Waals surface area contributed by atoms with E-state index in [4.69, 9.17) is 22.7 Å². The minimum Gasteiger partial charge on any atom is -0.484 e. The second-order valence-electron chi connectivity index (χ2n) is 4.48. The van der Waals surface area contributed by atoms with Crippen molar-refractivity contribution in [3.8, 4) is 5.75 Å². The maximum Gasteiger partial charge on any atom is 0.258 e. The highest BCUT2D eigenvalue weighted by molar-refractivity contribution is 7.80. The van der Waals surface area contributed by atoms with Gasteiger partial charge in [0.2, 0.25) is 0 Å². The van der Waals surface area contributed by atoms with E-state index in [9.17, 15) is 4.79 Å². The van der Waals surface area contributed by atoms with Gasteiger partial charge in [0.15, 0.2) is 6.61 Å². The minimum absolute atomic E-state index is 0.0489. The molecule has 110 valence electrons. The largest absolute Gasteiger partial charge is 0.484 e. The molecule has 0 unspecified atom stereocenters. The number of thiocarbonyl (C=S) groups is 1. The molecule has 7 heteroatoms. The number of nitrogens with zero attached hydrogens (tertiary/aromatic N) is 2. The Morgan fingerprint density at radius 1 is 1.43 bits per heavy atom. The van der Waals surface area contributed by atoms with Gasteiger partial charge in [-0.05, 0) is 24.3 Å². The number of hydrogen-bond donors (Lipinski definition) is 2. The molecule has 2 aromatic rings. The molecule has 0 saturated carbocycles. The molecule has 6 nitrogen and oxygen atoms in total. The predicted molar refractivity (Wildman–Crippen MR) is 82.9 cm³/mol. The van der Waals surface area contributed by atoms with Crippen molar-refractivity contribution in [2.24, 2.45) is 12.8 Å². The van der Waals surface area contributed by atoms with Gasteiger partial charge in [0, 0.05) is 30.9 Å². The first-order chi connectivity index (χ1) is 10.0. The summed E-state index contributed by atoms with van der Waals surface area (Å²) in [5.74, 6) is 0.392. The number of hydrogen-bond acceptors (Lipinski definition) is 4. The fourth-order valence-corrected chi connectivity index (χ4v) is 1.82. The first-order valence-electron chi connectivity index (χ1n) is 6.31. The summed E-state index contributed by atoms with van der Waals surface area (Å²) in [5.41, 5.74) is 7.20. The topological polar surface area (TPSA) is 82.2 Å². The SMILES string of the molecule is Cn1cc(CNC(=O)COc2ccc(C(N)=S)cc2)cn1. The molecule has 0 bridgehead atoms. The third-order valence-corrected chi connectivity index (χ3v) is 2.99. The van der Waals surface area contributed by atoms with Crippen molar-refractivity contribution >= 4 is 23.1 Å². The average Bonchev–Trinajstić information content (AvgIpc) is 2.89. The summed E-state index contributed by atoms with van der Waals surface area (Å²) in [7, 11) is 1.82. The molecule has 0 saturated heterocycles. The number of nitrogens with two attached hydrogens (primary N) is 1. The van der Waals surface area contributed by atoms with Crippen molar-refractivity contribution in [1.29, 1.82) is 0 Å². The molecule has 0 fully saturated rings. The summed E-state index contributed by atoms with van der Waals surface area (Å²) in [6, 6.07) is 6.96. The lowest BCUT2D eigenvalue weighted by atomic mass is 10.2. The van der Waals surface area contributed by atoms with Crippen molar-refractivity contribution in [2.45, 2.75) is 6.54 Å². The molecular weight excluding hydrogens is 288 g/mol. The fourth-order valence-electron chi connectivity index (χ4n) is 1.68. The summed E-state index contributed by atoms with van der Waals surface area (Å²) >= 11 is 4.86. The predicted octanol–water partition coefficient (Wildman–Crippen LogP) is 0.749. The fraction of sp³-hybridized carbons (Fsp3) is 0.214. The summed E-state index contributed by atoms with van der Waals surface area (Å²) in [4.78, 5) is 12.0. The Morgan fingerprint density at radius 3 is 2.71 bits per heavy atom. The average molecular weight is 304 g/mol. The number of carbonyl (C=O) groups is 1. The van der Waals surface area contributed by atoms with Gasteiger partial charge in [-0.3, -0.25) is 9.48 Å². The molecular formula is C14H16N4O2S. The monoisotopic (exact) mass is 304 g/mol. The molecule has 3 N–H and O–H groups in total. The van der Waals surface area contributed by atoms with Gasteiger partial charge in [0.1, 0.15) is 10.7 Å². The quantitative estimate of drug-likeness (QED) is 0.770. The van der Waals surface area contributed by atoms with E-state index in [0.29, 0.717) is 17.3 Å². The summed E-state index contributed by atoms with van der Waals surface area (Å²) in [6.07, 6.45) is 3.55. The van der Waals surface area contributed by atoms with Crippen LogP contribution in [-0.2, 0) is 18.4 Å². The van der Waals surface area contributed by atoms with Crippen LogP contribution in [0.3, 0.4) is 0 Å². The second kappa shape index (κ2) is 6.85. The number of aryl methyl sites for hydroxylation is 1. The van der Waals surface area contributed by atoms with E-state index in [1.807, 2.05) is 13.2 Å². The molecule has 21 heavy (non-hydrogen) atoms. The highest BCUT2D eigenvalue weighted by Gasteiger charge is 2.04. The van der Waals surface area contributed by atoms with Crippen molar-refractivity contribution in [3.05, 3.63) is 47.8 Å². The van der Waals surface area contributed by atoms with Crippen LogP contribution in [0.1, 0.15) is 11.1 Å². The first kappa shape index (κ1) is 15.0. The zero-order chi connectivity index (χ0) is 15.2. The van der Waals surface area contributed by atoms with Gasteiger partial charge in [-0.2, -0.15) is 5.10 Å². The van der Waals surface area contributed by atoms with E-state index < -0.39 is 0 Å². The number of nitrogens with one attached hydrogen (secondary N) is 1. The third kappa shape index (κ3) is 4.57. The molecule has 0 aliphatic rings. The van der Waals surface area contributed by atoms with Gasteiger partial charge in [-0.15, -0.1) is 0 Å². The molecule has 1 aromatic carbocycles. The molecule has 2 rings (SSSR count). The van der Waals surface area contributed by atoms with Gasteiger partial charge in [-0.1, -0.05) is 12.2 Å². The van der Waals surface area contributed by atoms with Crippen LogP contribution >= 0.6 is 12.2 Å². The Labute approximate surface area is 127 Å². The maximum atomic E-state index is 11.7. The number of benzene rings is 1. The molecule has 1 heterocycles. The maximum absolute atomic E-state index is 11.7. The molecule has 0 spiro atoms. The van der Waals surface area contributed by atoms with E-state index in [2.05, 4.69) is 10.4 Å². The number of amides is 1. The number of ether oxygens (including phenoxy) is 1. The summed E-state index contributed by atoms with van der Waals surface area (Å²) < 4.78 is 7.06. The van der Waals surface area contributed by atoms with Crippen molar-refractivity contribution < 1.29 is 9.53 Å². The third-order valence-electron chi connectivity index (χ3n) is 2.76. The zero-order valence-electron chi connectivity index (χ0n) is 11.6. The van der Waals surface area contributed by atoms with Crippen LogP contribution in [0, 0.1) is 0 Å². The lowest BCUT2D eigenvalue weighted by molar-refractivity contribution is -0.123. The lowest BCUT2D eigenvalue weighted by Gasteiger charge is -2.07. The number of aromatic nitrogens is 2. The Kier molecular flexibility index (Phi) is 4.89. The normalized spacial score (nSPS) is 10.1. The van der Waals surface area contributed by atoms with Crippen molar-refractivity contribution in [2.75, 3.05) is 6.61 Å². The molecule has 1 amide bonds. The zero-order valence-corrected chi connectivity index (χ0v) is 12.4. The number of carbonyl (C=O) groups excluding carboxylic acids is 1. The standard InChI is InChI=1S/C14H16N4O2S/c1-18-8-10(7-17-18)6-16-13(19)9-20-12-4-2-11(3-5-12)14(15)21/h2-5,7-8H,6,9H2,1H3,(H2,15,21)(H,16,19). The molecule has 0 aliphatic carbocycles. The van der Waals surface area contributed by atoms with Crippen LogP contribution in [0.2, 0.25) is 0 Å². The van der Waals surface area contributed by atoms with Crippen LogP contribution in [0.15, 0.2) is 36.7 Å². The van der Waals surface area contributed by atoms with Crippen molar-refractivity contribution in [3.63, 3.8) is 0 Å². The van der Waals surface area contributed by atoms with E-state index in [1.54, 1.807) is 35.1 Å². The van der Waals surface area contributed by atoms with Crippen molar-refractivity contribution in [1.82, 2.24) is 15.1 Å². The second-order valence-corrected chi connectivity index (χ2v) is 4.92. The Hall–Kier alpha value is -2.41. The Morgan fingerprint density at radius 2 is 2.14 bits per heavy atom. The first-order valence-corrected chi connectivity index (χ1v) is 6.72. The number of rotatable bonds is 6. The van der Waals surface area contributed by atoms with E-state index in [0.717, 1.165) is 11.1 Å². The highest BCUT2D eigenvalue weighted by atomic mass is 32.1. The van der Waals surface area contributed by atoms with Crippen LogP contribution < -0.4 is 15.8 Å². The molecule has 0 atom stereocenters.